The summed E-state index contributed by atoms with van der Waals surface area (Å²) in [6.45, 7) is 12.4. The summed E-state index contributed by atoms with van der Waals surface area (Å²) >= 11 is 0. The minimum Gasteiger partial charge on any atom is -0.310 e. The molecule has 0 radical (unpaired) electrons. The fraction of sp³-hybridized carbons (Fsp3) is 0.647. The van der Waals surface area contributed by atoms with Crippen LogP contribution in [-0.4, -0.2) is 6.54 Å². The minimum absolute atomic E-state index is 0.412. The van der Waals surface area contributed by atoms with E-state index in [0.717, 1.165) is 13.0 Å². The lowest BCUT2D eigenvalue weighted by Crippen LogP contribution is -2.23. The summed E-state index contributed by atoms with van der Waals surface area (Å²) in [5.41, 5.74) is 3.39. The molecule has 1 aromatic carbocycles. The highest BCUT2D eigenvalue weighted by Crippen LogP contribution is 2.29. The molecule has 0 amide bonds. The molecular weight excluding hydrogens is 218 g/mol. The van der Waals surface area contributed by atoms with Crippen molar-refractivity contribution in [1.82, 2.24) is 5.32 Å². The fourth-order valence-electron chi connectivity index (χ4n) is 2.39. The number of benzene rings is 1. The minimum atomic E-state index is 0.412. The van der Waals surface area contributed by atoms with E-state index in [4.69, 9.17) is 0 Å². The van der Waals surface area contributed by atoms with Crippen LogP contribution in [0.2, 0.25) is 0 Å². The zero-order chi connectivity index (χ0) is 13.6. The van der Waals surface area contributed by atoms with Gasteiger partial charge in [0.15, 0.2) is 0 Å². The largest absolute Gasteiger partial charge is 0.310 e. The highest BCUT2D eigenvalue weighted by atomic mass is 14.9. The van der Waals surface area contributed by atoms with Crippen LogP contribution in [0.3, 0.4) is 0 Å². The Kier molecular flexibility index (Phi) is 5.87. The van der Waals surface area contributed by atoms with E-state index in [9.17, 15) is 0 Å². The van der Waals surface area contributed by atoms with E-state index in [1.54, 1.807) is 0 Å². The van der Waals surface area contributed by atoms with Gasteiger partial charge in [0.25, 0.3) is 0 Å². The molecule has 0 fully saturated rings. The van der Waals surface area contributed by atoms with Crippen molar-refractivity contribution < 1.29 is 0 Å². The molecule has 0 aromatic heterocycles. The molecule has 18 heavy (non-hydrogen) atoms. The molecule has 0 saturated heterocycles. The molecule has 1 rings (SSSR count). The number of nitrogens with one attached hydrogen (secondary N) is 1. The summed E-state index contributed by atoms with van der Waals surface area (Å²) in [6.07, 6.45) is 3.59. The Labute approximate surface area is 113 Å². The molecule has 1 unspecified atom stereocenters. The first-order chi connectivity index (χ1) is 8.48. The van der Waals surface area contributed by atoms with E-state index >= 15 is 0 Å². The monoisotopic (exact) mass is 247 g/mol. The van der Waals surface area contributed by atoms with E-state index in [1.165, 1.54) is 24.0 Å². The van der Waals surface area contributed by atoms with Gasteiger partial charge in [-0.05, 0) is 42.3 Å². The molecule has 1 aromatic rings. The fourth-order valence-corrected chi connectivity index (χ4v) is 2.39. The topological polar surface area (TPSA) is 12.0 Å². The Balaban J connectivity index is 2.83. The maximum absolute atomic E-state index is 3.65. The lowest BCUT2D eigenvalue weighted by Gasteiger charge is -2.25. The zero-order valence-corrected chi connectivity index (χ0v) is 12.7. The molecule has 0 aliphatic carbocycles. The van der Waals surface area contributed by atoms with Crippen LogP contribution in [0.25, 0.3) is 0 Å². The first-order valence-corrected chi connectivity index (χ1v) is 7.29. The summed E-state index contributed by atoms with van der Waals surface area (Å²) in [7, 11) is 0. The predicted molar refractivity (Wildman–Crippen MR) is 80.9 cm³/mol. The van der Waals surface area contributed by atoms with Gasteiger partial charge in [-0.1, -0.05) is 58.9 Å². The number of rotatable bonds is 6. The van der Waals surface area contributed by atoms with Crippen LogP contribution in [0, 0.1) is 5.41 Å². The van der Waals surface area contributed by atoms with Gasteiger partial charge in [-0.3, -0.25) is 0 Å². The van der Waals surface area contributed by atoms with Crippen molar-refractivity contribution in [2.24, 2.45) is 5.41 Å². The van der Waals surface area contributed by atoms with E-state index in [1.807, 2.05) is 0 Å². The normalized spacial score (nSPS) is 13.6. The van der Waals surface area contributed by atoms with Crippen molar-refractivity contribution in [1.29, 1.82) is 0 Å². The molecule has 1 nitrogen and oxygen atoms in total. The summed E-state index contributed by atoms with van der Waals surface area (Å²) in [4.78, 5) is 0. The molecule has 0 heterocycles. The zero-order valence-electron chi connectivity index (χ0n) is 12.7. The van der Waals surface area contributed by atoms with Crippen LogP contribution in [-0.2, 0) is 6.42 Å². The highest BCUT2D eigenvalue weighted by molar-refractivity contribution is 5.30. The Morgan fingerprint density at radius 1 is 1.11 bits per heavy atom. The van der Waals surface area contributed by atoms with Crippen LogP contribution < -0.4 is 5.32 Å². The quantitative estimate of drug-likeness (QED) is 0.766. The molecule has 0 spiro atoms. The van der Waals surface area contributed by atoms with Crippen molar-refractivity contribution in [2.45, 2.75) is 59.9 Å². The van der Waals surface area contributed by atoms with Crippen molar-refractivity contribution >= 4 is 0 Å². The lowest BCUT2D eigenvalue weighted by atomic mass is 9.86. The number of aryl methyl sites for hydroxylation is 1. The third kappa shape index (κ3) is 4.81. The van der Waals surface area contributed by atoms with Crippen LogP contribution in [0.5, 0.6) is 0 Å². The second-order valence-electron chi connectivity index (χ2n) is 6.26. The predicted octanol–water partition coefficient (Wildman–Crippen LogP) is 4.73. The maximum Gasteiger partial charge on any atom is 0.0323 e. The number of hydrogen-bond acceptors (Lipinski definition) is 1. The summed E-state index contributed by atoms with van der Waals surface area (Å²) < 4.78 is 0. The third-order valence-corrected chi connectivity index (χ3v) is 3.44. The molecule has 102 valence electrons. The smallest absolute Gasteiger partial charge is 0.0323 e. The van der Waals surface area contributed by atoms with Gasteiger partial charge in [-0.15, -0.1) is 0 Å². The van der Waals surface area contributed by atoms with Gasteiger partial charge in [0.1, 0.15) is 0 Å². The maximum atomic E-state index is 3.65. The summed E-state index contributed by atoms with van der Waals surface area (Å²) in [6, 6.07) is 9.36. The van der Waals surface area contributed by atoms with Gasteiger partial charge in [0.05, 0.1) is 0 Å². The molecular formula is C17H29N. The van der Waals surface area contributed by atoms with Crippen LogP contribution >= 0.6 is 0 Å². The molecule has 0 aliphatic rings. The van der Waals surface area contributed by atoms with Crippen molar-refractivity contribution in [3.05, 3.63) is 35.4 Å². The van der Waals surface area contributed by atoms with E-state index in [0.29, 0.717) is 11.5 Å². The van der Waals surface area contributed by atoms with Gasteiger partial charge < -0.3 is 5.32 Å². The van der Waals surface area contributed by atoms with Gasteiger partial charge in [0, 0.05) is 6.04 Å². The first kappa shape index (κ1) is 15.2. The van der Waals surface area contributed by atoms with E-state index < -0.39 is 0 Å². The Bertz CT molecular complexity index is 349. The number of hydrogen-bond donors (Lipinski definition) is 1. The van der Waals surface area contributed by atoms with Gasteiger partial charge in [0.2, 0.25) is 0 Å². The standard InChI is InChI=1S/C17H29N/c1-6-14-10-8-9-11-15(14)16(18-7-2)12-13-17(3,4)5/h8-11,16,18H,6-7,12-13H2,1-5H3. The Hall–Kier alpha value is -0.820. The molecule has 1 N–H and O–H groups in total. The second-order valence-corrected chi connectivity index (χ2v) is 6.26. The molecule has 0 saturated carbocycles. The van der Waals surface area contributed by atoms with Crippen LogP contribution in [0.1, 0.15) is 64.6 Å². The summed E-state index contributed by atoms with van der Waals surface area (Å²) in [5, 5.41) is 3.65. The second kappa shape index (κ2) is 6.94. The SMILES string of the molecule is CCNC(CCC(C)(C)C)c1ccccc1CC. The van der Waals surface area contributed by atoms with Crippen molar-refractivity contribution in [2.75, 3.05) is 6.54 Å². The lowest BCUT2D eigenvalue weighted by molar-refractivity contribution is 0.333. The van der Waals surface area contributed by atoms with Crippen molar-refractivity contribution in [3.8, 4) is 0 Å². The van der Waals surface area contributed by atoms with Crippen LogP contribution in [0.4, 0.5) is 0 Å². The average Bonchev–Trinajstić information content (AvgIpc) is 2.33. The first-order valence-electron chi connectivity index (χ1n) is 7.29. The highest BCUT2D eigenvalue weighted by Gasteiger charge is 2.17. The van der Waals surface area contributed by atoms with Gasteiger partial charge in [-0.2, -0.15) is 0 Å². The van der Waals surface area contributed by atoms with Crippen LogP contribution in [0.15, 0.2) is 24.3 Å². The van der Waals surface area contributed by atoms with E-state index in [2.05, 4.69) is 64.2 Å². The van der Waals surface area contributed by atoms with Gasteiger partial charge in [-0.25, -0.2) is 0 Å². The molecule has 1 heteroatoms. The molecule has 0 aliphatic heterocycles. The average molecular weight is 247 g/mol. The molecule has 1 atom stereocenters. The van der Waals surface area contributed by atoms with Crippen molar-refractivity contribution in [3.63, 3.8) is 0 Å². The Morgan fingerprint density at radius 3 is 2.33 bits per heavy atom. The Morgan fingerprint density at radius 2 is 1.78 bits per heavy atom. The summed E-state index contributed by atoms with van der Waals surface area (Å²) in [5.74, 6) is 0. The van der Waals surface area contributed by atoms with E-state index in [-0.39, 0.29) is 0 Å². The van der Waals surface area contributed by atoms with Gasteiger partial charge >= 0.3 is 0 Å². The molecule has 0 bridgehead atoms. The third-order valence-electron chi connectivity index (χ3n) is 3.44.